The third kappa shape index (κ3) is 5.14. The summed E-state index contributed by atoms with van der Waals surface area (Å²) in [5.41, 5.74) is 1.64. The van der Waals surface area contributed by atoms with E-state index >= 15 is 0 Å². The van der Waals surface area contributed by atoms with E-state index in [0.29, 0.717) is 17.0 Å². The first-order valence-electron chi connectivity index (χ1n) is 9.49. The predicted octanol–water partition coefficient (Wildman–Crippen LogP) is 4.15. The van der Waals surface area contributed by atoms with Gasteiger partial charge in [-0.2, -0.15) is 0 Å². The number of aliphatic carboxylic acids is 1. The molecule has 3 unspecified atom stereocenters. The van der Waals surface area contributed by atoms with Crippen molar-refractivity contribution in [1.29, 1.82) is 0 Å². The molecule has 2 N–H and O–H groups in total. The van der Waals surface area contributed by atoms with Gasteiger partial charge >= 0.3 is 5.97 Å². The third-order valence-electron chi connectivity index (χ3n) is 4.88. The van der Waals surface area contributed by atoms with Crippen molar-refractivity contribution in [2.75, 3.05) is 13.2 Å². The van der Waals surface area contributed by atoms with E-state index in [1.807, 2.05) is 24.3 Å². The number of ether oxygens (including phenoxy) is 1. The van der Waals surface area contributed by atoms with Gasteiger partial charge in [-0.05, 0) is 37.5 Å². The molecule has 2 aromatic carbocycles. The maximum atomic E-state index is 12.8. The van der Waals surface area contributed by atoms with Gasteiger partial charge in [0.1, 0.15) is 5.25 Å². The molecule has 0 aromatic heterocycles. The molecule has 3 rings (SSSR count). The molecule has 1 aliphatic heterocycles. The lowest BCUT2D eigenvalue weighted by Gasteiger charge is -2.32. The highest BCUT2D eigenvalue weighted by atomic mass is 32.2. The molecule has 5 nitrogen and oxygen atoms in total. The maximum Gasteiger partial charge on any atom is 0.316 e. The molecule has 2 aromatic rings. The van der Waals surface area contributed by atoms with Gasteiger partial charge in [-0.25, -0.2) is 0 Å². The van der Waals surface area contributed by atoms with E-state index in [1.165, 1.54) is 11.8 Å². The summed E-state index contributed by atoms with van der Waals surface area (Å²) >= 11 is 1.18. The zero-order chi connectivity index (χ0) is 19.9. The second kappa shape index (κ2) is 9.75. The number of nitrogens with one attached hydrogen (secondary N) is 1. The Morgan fingerprint density at radius 1 is 1.18 bits per heavy atom. The zero-order valence-electron chi connectivity index (χ0n) is 15.8. The molecule has 0 spiro atoms. The second-order valence-electron chi connectivity index (χ2n) is 6.91. The molecule has 0 aliphatic carbocycles. The molecule has 28 heavy (non-hydrogen) atoms. The molecular weight excluding hydrogens is 374 g/mol. The van der Waals surface area contributed by atoms with Gasteiger partial charge in [0, 0.05) is 24.0 Å². The molecule has 0 bridgehead atoms. The Morgan fingerprint density at radius 3 is 2.64 bits per heavy atom. The van der Waals surface area contributed by atoms with Crippen molar-refractivity contribution in [3.8, 4) is 0 Å². The standard InChI is InChI=1S/C22H25NO4S/c1-15(22(25)26)28-19-12-6-5-11-18(19)21(24)23-14-17-10-7-13-27-20(17)16-8-3-2-4-9-16/h2-6,8-9,11-12,15,17,20H,7,10,13-14H2,1H3,(H,23,24)(H,25,26). The number of hydrogen-bond acceptors (Lipinski definition) is 4. The van der Waals surface area contributed by atoms with Crippen molar-refractivity contribution in [2.24, 2.45) is 5.92 Å². The number of carbonyl (C=O) groups excluding carboxylic acids is 1. The topological polar surface area (TPSA) is 75.6 Å². The fourth-order valence-corrected chi connectivity index (χ4v) is 4.31. The first-order valence-corrected chi connectivity index (χ1v) is 10.4. The Bertz CT molecular complexity index is 811. The van der Waals surface area contributed by atoms with Gasteiger partial charge in [0.2, 0.25) is 0 Å². The molecule has 0 saturated carbocycles. The third-order valence-corrected chi connectivity index (χ3v) is 6.05. The number of carbonyl (C=O) groups is 2. The van der Waals surface area contributed by atoms with E-state index in [4.69, 9.17) is 9.84 Å². The Kier molecular flexibility index (Phi) is 7.12. The highest BCUT2D eigenvalue weighted by Crippen LogP contribution is 2.33. The summed E-state index contributed by atoms with van der Waals surface area (Å²) in [5, 5.41) is 11.6. The summed E-state index contributed by atoms with van der Waals surface area (Å²) in [6.07, 6.45) is 1.95. The number of thioether (sulfide) groups is 1. The SMILES string of the molecule is CC(Sc1ccccc1C(=O)NCC1CCCOC1c1ccccc1)C(=O)O. The Balaban J connectivity index is 1.67. The molecule has 1 fully saturated rings. The van der Waals surface area contributed by atoms with Gasteiger partial charge in [0.05, 0.1) is 11.7 Å². The van der Waals surface area contributed by atoms with Crippen LogP contribution in [0.4, 0.5) is 0 Å². The first kappa shape index (κ1) is 20.4. The normalized spacial score (nSPS) is 20.3. The van der Waals surface area contributed by atoms with Crippen LogP contribution in [-0.4, -0.2) is 35.4 Å². The summed E-state index contributed by atoms with van der Waals surface area (Å²) < 4.78 is 6.00. The largest absolute Gasteiger partial charge is 0.480 e. The molecule has 1 heterocycles. The molecule has 148 valence electrons. The number of rotatable bonds is 7. The van der Waals surface area contributed by atoms with E-state index in [1.54, 1.807) is 25.1 Å². The fourth-order valence-electron chi connectivity index (χ4n) is 3.38. The summed E-state index contributed by atoms with van der Waals surface area (Å²) in [6, 6.07) is 17.2. The lowest BCUT2D eigenvalue weighted by atomic mass is 9.89. The minimum Gasteiger partial charge on any atom is -0.480 e. The molecule has 6 heteroatoms. The maximum absolute atomic E-state index is 12.8. The molecule has 1 saturated heterocycles. The number of benzene rings is 2. The predicted molar refractivity (Wildman–Crippen MR) is 110 cm³/mol. The lowest BCUT2D eigenvalue weighted by molar-refractivity contribution is -0.136. The van der Waals surface area contributed by atoms with E-state index in [0.717, 1.165) is 25.0 Å². The van der Waals surface area contributed by atoms with Crippen LogP contribution in [-0.2, 0) is 9.53 Å². The van der Waals surface area contributed by atoms with Gasteiger partial charge in [-0.3, -0.25) is 9.59 Å². The smallest absolute Gasteiger partial charge is 0.316 e. The van der Waals surface area contributed by atoms with Gasteiger partial charge in [-0.15, -0.1) is 11.8 Å². The van der Waals surface area contributed by atoms with Crippen LogP contribution in [0.1, 0.15) is 41.8 Å². The average Bonchev–Trinajstić information content (AvgIpc) is 2.73. The molecular formula is C22H25NO4S. The Labute approximate surface area is 169 Å². The molecule has 1 amide bonds. The van der Waals surface area contributed by atoms with Crippen LogP contribution in [0.5, 0.6) is 0 Å². The van der Waals surface area contributed by atoms with Crippen LogP contribution < -0.4 is 5.32 Å². The van der Waals surface area contributed by atoms with Crippen molar-refractivity contribution < 1.29 is 19.4 Å². The Morgan fingerprint density at radius 2 is 1.89 bits per heavy atom. The van der Waals surface area contributed by atoms with E-state index in [9.17, 15) is 9.59 Å². The van der Waals surface area contributed by atoms with E-state index in [2.05, 4.69) is 17.4 Å². The van der Waals surface area contributed by atoms with Crippen molar-refractivity contribution in [3.05, 3.63) is 65.7 Å². The van der Waals surface area contributed by atoms with Crippen molar-refractivity contribution in [1.82, 2.24) is 5.32 Å². The van der Waals surface area contributed by atoms with Gasteiger partial charge in [0.25, 0.3) is 5.91 Å². The fraction of sp³-hybridized carbons (Fsp3) is 0.364. The van der Waals surface area contributed by atoms with Crippen LogP contribution in [0, 0.1) is 5.92 Å². The summed E-state index contributed by atoms with van der Waals surface area (Å²) in [5.74, 6) is -0.874. The number of hydrogen-bond donors (Lipinski definition) is 2. The van der Waals surface area contributed by atoms with Gasteiger partial charge in [0.15, 0.2) is 0 Å². The second-order valence-corrected chi connectivity index (χ2v) is 8.29. The van der Waals surface area contributed by atoms with Crippen LogP contribution in [0.3, 0.4) is 0 Å². The highest BCUT2D eigenvalue weighted by Gasteiger charge is 2.28. The van der Waals surface area contributed by atoms with Crippen LogP contribution in [0.15, 0.2) is 59.5 Å². The summed E-state index contributed by atoms with van der Waals surface area (Å²) in [4.78, 5) is 24.6. The minimum absolute atomic E-state index is 0.0214. The van der Waals surface area contributed by atoms with Crippen LogP contribution in [0.2, 0.25) is 0 Å². The average molecular weight is 400 g/mol. The van der Waals surface area contributed by atoms with E-state index < -0.39 is 11.2 Å². The summed E-state index contributed by atoms with van der Waals surface area (Å²) in [7, 11) is 0. The van der Waals surface area contributed by atoms with Gasteiger partial charge in [-0.1, -0.05) is 42.5 Å². The minimum atomic E-state index is -0.898. The highest BCUT2D eigenvalue weighted by molar-refractivity contribution is 8.00. The lowest BCUT2D eigenvalue weighted by Crippen LogP contribution is -2.35. The number of carboxylic acid groups (broad SMARTS) is 1. The zero-order valence-corrected chi connectivity index (χ0v) is 16.7. The molecule has 1 aliphatic rings. The van der Waals surface area contributed by atoms with Crippen molar-refractivity contribution in [3.63, 3.8) is 0 Å². The summed E-state index contributed by atoms with van der Waals surface area (Å²) in [6.45, 7) is 2.87. The van der Waals surface area contributed by atoms with E-state index in [-0.39, 0.29) is 17.9 Å². The van der Waals surface area contributed by atoms with Crippen LogP contribution >= 0.6 is 11.8 Å². The van der Waals surface area contributed by atoms with Crippen molar-refractivity contribution in [2.45, 2.75) is 36.0 Å². The first-order chi connectivity index (χ1) is 13.6. The molecule has 3 atom stereocenters. The monoisotopic (exact) mass is 399 g/mol. The Hall–Kier alpha value is -2.31. The molecule has 0 radical (unpaired) electrons. The van der Waals surface area contributed by atoms with Crippen molar-refractivity contribution >= 4 is 23.6 Å². The van der Waals surface area contributed by atoms with Crippen LogP contribution in [0.25, 0.3) is 0 Å². The number of amides is 1. The quantitative estimate of drug-likeness (QED) is 0.684. The number of carboxylic acids is 1. The van der Waals surface area contributed by atoms with Gasteiger partial charge < -0.3 is 15.2 Å².